The molecule has 446 valence electrons. The van der Waals surface area contributed by atoms with Crippen LogP contribution in [0.5, 0.6) is 0 Å². The number of carbonyl (C=O) groups is 3. The van der Waals surface area contributed by atoms with E-state index in [2.05, 4.69) is 93.7 Å². The van der Waals surface area contributed by atoms with Gasteiger partial charge in [0.15, 0.2) is 6.10 Å². The van der Waals surface area contributed by atoms with Crippen molar-refractivity contribution < 1.29 is 28.6 Å². The van der Waals surface area contributed by atoms with E-state index in [9.17, 15) is 14.4 Å². The second-order valence-corrected chi connectivity index (χ2v) is 22.4. The van der Waals surface area contributed by atoms with Crippen molar-refractivity contribution in [3.8, 4) is 0 Å². The lowest BCUT2D eigenvalue weighted by Gasteiger charge is -2.18. The monoisotopic (exact) mass is 1070 g/mol. The van der Waals surface area contributed by atoms with Crippen molar-refractivity contribution >= 4 is 17.9 Å². The number of carbonyl (C=O) groups excluding carboxylic acids is 3. The lowest BCUT2D eigenvalue weighted by Crippen LogP contribution is -2.30. The summed E-state index contributed by atoms with van der Waals surface area (Å²) in [5.41, 5.74) is 0. The summed E-state index contributed by atoms with van der Waals surface area (Å²) in [6.45, 7) is 6.54. The van der Waals surface area contributed by atoms with Crippen LogP contribution in [0.3, 0.4) is 0 Å². The number of esters is 3. The van der Waals surface area contributed by atoms with Crippen LogP contribution in [0.25, 0.3) is 0 Å². The number of allylic oxidation sites excluding steroid dienone is 12. The van der Waals surface area contributed by atoms with Gasteiger partial charge < -0.3 is 14.2 Å². The maximum absolute atomic E-state index is 12.9. The van der Waals surface area contributed by atoms with Gasteiger partial charge in [0, 0.05) is 19.3 Å². The quantitative estimate of drug-likeness (QED) is 0.0261. The molecule has 0 amide bonds. The third kappa shape index (κ3) is 63.6. The molecule has 6 nitrogen and oxygen atoms in total. The highest BCUT2D eigenvalue weighted by molar-refractivity contribution is 5.71. The smallest absolute Gasteiger partial charge is 0.306 e. The standard InChI is InChI=1S/C71H126O6/c1-4-7-10-13-16-19-22-25-28-30-32-33-34-35-36-37-39-40-43-46-49-52-55-58-61-64-70(73)76-67-68(66-75-69(72)63-60-57-54-51-48-45-42-27-24-21-18-15-12-9-6-3)77-71(74)65-62-59-56-53-50-47-44-41-38-31-29-26-23-20-17-14-11-8-5-2/h8,11,17,20,26-27,29,38,41-42,47,50,68H,4-7,9-10,12-16,18-19,21-25,28,30-37,39-40,43-46,48-49,51-67H2,1-3H3/b11-8-,20-17-,29-26-,41-38-,42-27-,50-47-. The predicted molar refractivity (Wildman–Crippen MR) is 335 cm³/mol. The lowest BCUT2D eigenvalue weighted by molar-refractivity contribution is -0.167. The van der Waals surface area contributed by atoms with Gasteiger partial charge in [-0.2, -0.15) is 0 Å². The third-order valence-corrected chi connectivity index (χ3v) is 14.7. The summed E-state index contributed by atoms with van der Waals surface area (Å²) in [5, 5.41) is 0. The molecule has 0 saturated carbocycles. The van der Waals surface area contributed by atoms with Crippen LogP contribution < -0.4 is 0 Å². The molecule has 0 saturated heterocycles. The Bertz CT molecular complexity index is 1420. The molecular weight excluding hydrogens is 949 g/mol. The molecule has 0 rings (SSSR count). The van der Waals surface area contributed by atoms with Crippen LogP contribution in [0.1, 0.15) is 342 Å². The SMILES string of the molecule is CC/C=C\C/C=C\C/C=C\C/C=C\C/C=C\CCCCCC(=O)OC(COC(=O)CCCCCCC/C=C\CCCCCCCC)COC(=O)CCCCCCCCCCCCCCCCCCCCCCCCCCC. The number of hydrogen-bond donors (Lipinski definition) is 0. The molecule has 0 N–H and O–H groups in total. The largest absolute Gasteiger partial charge is 0.462 e. The molecule has 0 aromatic heterocycles. The second kappa shape index (κ2) is 65.4. The molecule has 1 unspecified atom stereocenters. The van der Waals surface area contributed by atoms with Crippen molar-refractivity contribution in [3.63, 3.8) is 0 Å². The molecule has 0 aromatic rings. The number of ether oxygens (including phenoxy) is 3. The molecule has 0 bridgehead atoms. The van der Waals surface area contributed by atoms with E-state index in [0.29, 0.717) is 19.3 Å². The van der Waals surface area contributed by atoms with E-state index in [1.807, 2.05) is 0 Å². The molecule has 0 aliphatic rings. The van der Waals surface area contributed by atoms with Gasteiger partial charge in [0.2, 0.25) is 0 Å². The summed E-state index contributed by atoms with van der Waals surface area (Å²) in [4.78, 5) is 38.3. The topological polar surface area (TPSA) is 78.9 Å². The molecule has 0 aliphatic heterocycles. The van der Waals surface area contributed by atoms with Crippen LogP contribution in [0.4, 0.5) is 0 Å². The molecule has 0 radical (unpaired) electrons. The van der Waals surface area contributed by atoms with Crippen molar-refractivity contribution in [1.82, 2.24) is 0 Å². The zero-order valence-electron chi connectivity index (χ0n) is 51.2. The molecule has 0 aliphatic carbocycles. The Morgan fingerprint density at radius 2 is 0.506 bits per heavy atom. The minimum atomic E-state index is -0.796. The first-order chi connectivity index (χ1) is 38.0. The summed E-state index contributed by atoms with van der Waals surface area (Å²) in [6.07, 6.45) is 84.9. The molecule has 6 heteroatoms. The Morgan fingerprint density at radius 3 is 0.818 bits per heavy atom. The molecule has 1 atom stereocenters. The van der Waals surface area contributed by atoms with Crippen LogP contribution in [0.2, 0.25) is 0 Å². The first-order valence-electron chi connectivity index (χ1n) is 33.4. The van der Waals surface area contributed by atoms with E-state index >= 15 is 0 Å². The highest BCUT2D eigenvalue weighted by Crippen LogP contribution is 2.17. The summed E-state index contributed by atoms with van der Waals surface area (Å²) < 4.78 is 16.9. The Hall–Kier alpha value is -3.15. The van der Waals surface area contributed by atoms with Gasteiger partial charge in [-0.25, -0.2) is 0 Å². The van der Waals surface area contributed by atoms with Gasteiger partial charge in [0.05, 0.1) is 0 Å². The van der Waals surface area contributed by atoms with Crippen LogP contribution in [0, 0.1) is 0 Å². The maximum Gasteiger partial charge on any atom is 0.306 e. The minimum Gasteiger partial charge on any atom is -0.462 e. The first-order valence-corrected chi connectivity index (χ1v) is 33.4. The molecular formula is C71H126O6. The van der Waals surface area contributed by atoms with E-state index in [4.69, 9.17) is 14.2 Å². The molecule has 77 heavy (non-hydrogen) atoms. The third-order valence-electron chi connectivity index (χ3n) is 14.7. The molecule has 0 fully saturated rings. The minimum absolute atomic E-state index is 0.0885. The normalized spacial score (nSPS) is 12.5. The van der Waals surface area contributed by atoms with Gasteiger partial charge in [-0.3, -0.25) is 14.4 Å². The Morgan fingerprint density at radius 1 is 0.273 bits per heavy atom. The average molecular weight is 1080 g/mol. The second-order valence-electron chi connectivity index (χ2n) is 22.4. The van der Waals surface area contributed by atoms with E-state index in [1.54, 1.807) is 0 Å². The fourth-order valence-corrected chi connectivity index (χ4v) is 9.70. The van der Waals surface area contributed by atoms with Crippen LogP contribution in [0.15, 0.2) is 72.9 Å². The Kier molecular flexibility index (Phi) is 62.7. The summed E-state index contributed by atoms with van der Waals surface area (Å²) in [7, 11) is 0. The number of rotatable bonds is 61. The number of hydrogen-bond acceptors (Lipinski definition) is 6. The van der Waals surface area contributed by atoms with E-state index < -0.39 is 6.10 Å². The van der Waals surface area contributed by atoms with Gasteiger partial charge in [-0.05, 0) is 89.9 Å². The highest BCUT2D eigenvalue weighted by Gasteiger charge is 2.19. The Labute approximate surface area is 478 Å². The lowest BCUT2D eigenvalue weighted by atomic mass is 10.0. The van der Waals surface area contributed by atoms with E-state index in [1.165, 1.54) is 199 Å². The zero-order chi connectivity index (χ0) is 55.7. The van der Waals surface area contributed by atoms with Gasteiger partial charge >= 0.3 is 17.9 Å². The van der Waals surface area contributed by atoms with Gasteiger partial charge in [-0.1, -0.05) is 306 Å². The molecule has 0 spiro atoms. The number of unbranched alkanes of at least 4 members (excludes halogenated alkanes) is 38. The Balaban J connectivity index is 4.34. The van der Waals surface area contributed by atoms with Crippen LogP contribution in [-0.4, -0.2) is 37.2 Å². The van der Waals surface area contributed by atoms with E-state index in [-0.39, 0.29) is 31.1 Å². The summed E-state index contributed by atoms with van der Waals surface area (Å²) >= 11 is 0. The fraction of sp³-hybridized carbons (Fsp3) is 0.789. The summed E-state index contributed by atoms with van der Waals surface area (Å²) in [6, 6.07) is 0. The van der Waals surface area contributed by atoms with Gasteiger partial charge in [0.1, 0.15) is 13.2 Å². The van der Waals surface area contributed by atoms with Crippen molar-refractivity contribution in [2.24, 2.45) is 0 Å². The van der Waals surface area contributed by atoms with Gasteiger partial charge in [0.25, 0.3) is 0 Å². The molecule has 0 heterocycles. The van der Waals surface area contributed by atoms with Crippen molar-refractivity contribution in [2.75, 3.05) is 13.2 Å². The highest BCUT2D eigenvalue weighted by atomic mass is 16.6. The van der Waals surface area contributed by atoms with Crippen molar-refractivity contribution in [1.29, 1.82) is 0 Å². The van der Waals surface area contributed by atoms with Crippen LogP contribution >= 0.6 is 0 Å². The van der Waals surface area contributed by atoms with E-state index in [0.717, 1.165) is 103 Å². The van der Waals surface area contributed by atoms with Crippen molar-refractivity contribution in [3.05, 3.63) is 72.9 Å². The maximum atomic E-state index is 12.9. The average Bonchev–Trinajstić information content (AvgIpc) is 3.43. The first kappa shape index (κ1) is 73.8. The van der Waals surface area contributed by atoms with Crippen molar-refractivity contribution in [2.45, 2.75) is 348 Å². The fourth-order valence-electron chi connectivity index (χ4n) is 9.70. The summed E-state index contributed by atoms with van der Waals surface area (Å²) in [5.74, 6) is -0.912. The predicted octanol–water partition coefficient (Wildman–Crippen LogP) is 22.9. The zero-order valence-corrected chi connectivity index (χ0v) is 51.2. The molecule has 0 aromatic carbocycles. The van der Waals surface area contributed by atoms with Gasteiger partial charge in [-0.15, -0.1) is 0 Å². The van der Waals surface area contributed by atoms with Crippen LogP contribution in [-0.2, 0) is 28.6 Å².